The highest BCUT2D eigenvalue weighted by Gasteiger charge is 2.14. The number of nitrogen functional groups attached to an aromatic ring is 1. The van der Waals surface area contributed by atoms with Crippen molar-refractivity contribution in [3.8, 4) is 0 Å². The first-order valence-corrected chi connectivity index (χ1v) is 6.99. The monoisotopic (exact) mass is 269 g/mol. The van der Waals surface area contributed by atoms with Gasteiger partial charge in [-0.15, -0.1) is 0 Å². The third-order valence-corrected chi connectivity index (χ3v) is 3.57. The highest BCUT2D eigenvalue weighted by molar-refractivity contribution is 5.40. The summed E-state index contributed by atoms with van der Waals surface area (Å²) in [5, 5.41) is 10.3. The maximum Gasteiger partial charge on any atom is 0.0830 e. The van der Waals surface area contributed by atoms with E-state index in [0.717, 1.165) is 16.8 Å². The van der Waals surface area contributed by atoms with Crippen molar-refractivity contribution < 1.29 is 5.11 Å². The topological polar surface area (TPSA) is 46.2 Å². The zero-order chi connectivity index (χ0) is 14.8. The minimum atomic E-state index is -0.490. The third-order valence-electron chi connectivity index (χ3n) is 3.57. The average Bonchev–Trinajstić information content (AvgIpc) is 2.39. The number of rotatable bonds is 3. The fourth-order valence-electron chi connectivity index (χ4n) is 2.20. The van der Waals surface area contributed by atoms with Gasteiger partial charge in [0, 0.05) is 12.1 Å². The second-order valence-corrected chi connectivity index (χ2v) is 6.33. The minimum Gasteiger partial charge on any atom is -0.399 e. The van der Waals surface area contributed by atoms with Gasteiger partial charge in [0.2, 0.25) is 0 Å². The molecule has 0 aliphatic heterocycles. The molecule has 2 aromatic rings. The molecule has 0 saturated heterocycles. The Labute approximate surface area is 121 Å². The predicted octanol–water partition coefficient (Wildman–Crippen LogP) is 3.84. The van der Waals surface area contributed by atoms with E-state index in [-0.39, 0.29) is 5.41 Å². The van der Waals surface area contributed by atoms with E-state index in [2.05, 4.69) is 45.0 Å². The SMILES string of the molecule is CC(C)(C)c1ccc(CC(O)c2ccc(N)cc2)cc1. The van der Waals surface area contributed by atoms with Crippen molar-refractivity contribution in [2.75, 3.05) is 5.73 Å². The van der Waals surface area contributed by atoms with Crippen molar-refractivity contribution in [1.29, 1.82) is 0 Å². The highest BCUT2D eigenvalue weighted by Crippen LogP contribution is 2.24. The number of nitrogens with two attached hydrogens (primary N) is 1. The molecule has 0 spiro atoms. The molecule has 20 heavy (non-hydrogen) atoms. The summed E-state index contributed by atoms with van der Waals surface area (Å²) in [6.07, 6.45) is 0.130. The second-order valence-electron chi connectivity index (χ2n) is 6.33. The number of hydrogen-bond donors (Lipinski definition) is 2. The Balaban J connectivity index is 2.08. The zero-order valence-corrected chi connectivity index (χ0v) is 12.4. The quantitative estimate of drug-likeness (QED) is 0.832. The summed E-state index contributed by atoms with van der Waals surface area (Å²) >= 11 is 0. The van der Waals surface area contributed by atoms with Crippen molar-refractivity contribution in [2.45, 2.75) is 38.7 Å². The fraction of sp³-hybridized carbons (Fsp3) is 0.333. The molecule has 2 aromatic carbocycles. The van der Waals surface area contributed by atoms with Crippen LogP contribution < -0.4 is 5.73 Å². The number of aliphatic hydroxyl groups excluding tert-OH is 1. The van der Waals surface area contributed by atoms with Gasteiger partial charge in [-0.3, -0.25) is 0 Å². The van der Waals surface area contributed by atoms with Crippen molar-refractivity contribution in [2.24, 2.45) is 0 Å². The minimum absolute atomic E-state index is 0.161. The van der Waals surface area contributed by atoms with E-state index >= 15 is 0 Å². The van der Waals surface area contributed by atoms with Gasteiger partial charge in [-0.2, -0.15) is 0 Å². The Morgan fingerprint density at radius 1 is 0.950 bits per heavy atom. The van der Waals surface area contributed by atoms with E-state index < -0.39 is 6.10 Å². The Morgan fingerprint density at radius 3 is 2.00 bits per heavy atom. The largest absolute Gasteiger partial charge is 0.399 e. The second kappa shape index (κ2) is 5.68. The molecule has 0 aliphatic carbocycles. The standard InChI is InChI=1S/C18H23NO/c1-18(2,3)15-8-4-13(5-9-15)12-17(20)14-6-10-16(19)11-7-14/h4-11,17,20H,12,19H2,1-3H3. The maximum absolute atomic E-state index is 10.3. The van der Waals surface area contributed by atoms with E-state index in [1.54, 1.807) is 0 Å². The maximum atomic E-state index is 10.3. The van der Waals surface area contributed by atoms with Gasteiger partial charge in [0.1, 0.15) is 0 Å². The summed E-state index contributed by atoms with van der Waals surface area (Å²) < 4.78 is 0. The van der Waals surface area contributed by atoms with E-state index in [1.807, 2.05) is 24.3 Å². The number of aliphatic hydroxyl groups is 1. The molecule has 1 unspecified atom stereocenters. The molecule has 2 nitrogen and oxygen atoms in total. The van der Waals surface area contributed by atoms with Crippen LogP contribution in [-0.2, 0) is 11.8 Å². The number of hydrogen-bond acceptors (Lipinski definition) is 2. The molecule has 0 aliphatic rings. The summed E-state index contributed by atoms with van der Waals surface area (Å²) in [5.41, 5.74) is 9.89. The van der Waals surface area contributed by atoms with Crippen LogP contribution in [0, 0.1) is 0 Å². The van der Waals surface area contributed by atoms with Crippen molar-refractivity contribution in [3.63, 3.8) is 0 Å². The summed E-state index contributed by atoms with van der Waals surface area (Å²) in [5.74, 6) is 0. The van der Waals surface area contributed by atoms with Crippen LogP contribution in [-0.4, -0.2) is 5.11 Å². The van der Waals surface area contributed by atoms with Gasteiger partial charge in [-0.1, -0.05) is 57.2 Å². The van der Waals surface area contributed by atoms with E-state index in [9.17, 15) is 5.11 Å². The molecule has 2 rings (SSSR count). The average molecular weight is 269 g/mol. The smallest absolute Gasteiger partial charge is 0.0830 e. The molecule has 106 valence electrons. The summed E-state index contributed by atoms with van der Waals surface area (Å²) in [6, 6.07) is 15.9. The van der Waals surface area contributed by atoms with Crippen LogP contribution in [0.3, 0.4) is 0 Å². The summed E-state index contributed by atoms with van der Waals surface area (Å²) in [7, 11) is 0. The van der Waals surface area contributed by atoms with Crippen LogP contribution in [0.2, 0.25) is 0 Å². The highest BCUT2D eigenvalue weighted by atomic mass is 16.3. The summed E-state index contributed by atoms with van der Waals surface area (Å²) in [6.45, 7) is 6.60. The molecule has 0 amide bonds. The van der Waals surface area contributed by atoms with Gasteiger partial charge in [-0.05, 0) is 34.2 Å². The molecule has 1 atom stereocenters. The lowest BCUT2D eigenvalue weighted by molar-refractivity contribution is 0.178. The zero-order valence-electron chi connectivity index (χ0n) is 12.4. The molecule has 0 saturated carbocycles. The summed E-state index contributed by atoms with van der Waals surface area (Å²) in [4.78, 5) is 0. The van der Waals surface area contributed by atoms with E-state index in [4.69, 9.17) is 5.73 Å². The van der Waals surface area contributed by atoms with Crippen molar-refractivity contribution >= 4 is 5.69 Å². The van der Waals surface area contributed by atoms with E-state index in [1.165, 1.54) is 5.56 Å². The number of benzene rings is 2. The van der Waals surface area contributed by atoms with E-state index in [0.29, 0.717) is 6.42 Å². The van der Waals surface area contributed by atoms with Crippen LogP contribution in [0.5, 0.6) is 0 Å². The van der Waals surface area contributed by atoms with Gasteiger partial charge in [0.05, 0.1) is 6.10 Å². The number of anilines is 1. The van der Waals surface area contributed by atoms with Gasteiger partial charge in [0.25, 0.3) is 0 Å². The molecular weight excluding hydrogens is 246 g/mol. The van der Waals surface area contributed by atoms with Crippen LogP contribution in [0.25, 0.3) is 0 Å². The van der Waals surface area contributed by atoms with Crippen LogP contribution in [0.15, 0.2) is 48.5 Å². The Kier molecular flexibility index (Phi) is 4.15. The van der Waals surface area contributed by atoms with Crippen LogP contribution >= 0.6 is 0 Å². The molecular formula is C18H23NO. The molecule has 0 radical (unpaired) electrons. The van der Waals surface area contributed by atoms with Crippen LogP contribution in [0.4, 0.5) is 5.69 Å². The van der Waals surface area contributed by atoms with Crippen molar-refractivity contribution in [3.05, 3.63) is 65.2 Å². The first-order chi connectivity index (χ1) is 9.36. The normalized spacial score (nSPS) is 13.2. The fourth-order valence-corrected chi connectivity index (χ4v) is 2.20. The lowest BCUT2D eigenvalue weighted by Gasteiger charge is -2.19. The molecule has 0 bridgehead atoms. The molecule has 3 N–H and O–H groups in total. The van der Waals surface area contributed by atoms with Gasteiger partial charge in [-0.25, -0.2) is 0 Å². The molecule has 0 aromatic heterocycles. The Hall–Kier alpha value is -1.80. The van der Waals surface area contributed by atoms with Gasteiger partial charge >= 0.3 is 0 Å². The third kappa shape index (κ3) is 3.61. The van der Waals surface area contributed by atoms with Crippen molar-refractivity contribution in [1.82, 2.24) is 0 Å². The first kappa shape index (κ1) is 14.6. The lowest BCUT2D eigenvalue weighted by atomic mass is 9.86. The first-order valence-electron chi connectivity index (χ1n) is 6.99. The molecule has 0 fully saturated rings. The lowest BCUT2D eigenvalue weighted by Crippen LogP contribution is -2.11. The predicted molar refractivity (Wildman–Crippen MR) is 84.7 cm³/mol. The van der Waals surface area contributed by atoms with Gasteiger partial charge < -0.3 is 10.8 Å². The van der Waals surface area contributed by atoms with Crippen LogP contribution in [0.1, 0.15) is 43.6 Å². The Bertz CT molecular complexity index is 549. The Morgan fingerprint density at radius 2 is 1.50 bits per heavy atom. The van der Waals surface area contributed by atoms with Gasteiger partial charge in [0.15, 0.2) is 0 Å². The molecule has 0 heterocycles. The molecule has 2 heteroatoms.